The van der Waals surface area contributed by atoms with Gasteiger partial charge >= 0.3 is 0 Å². The van der Waals surface area contributed by atoms with Crippen molar-refractivity contribution in [3.8, 4) is 5.75 Å². The van der Waals surface area contributed by atoms with Gasteiger partial charge in [0.25, 0.3) is 5.91 Å². The van der Waals surface area contributed by atoms with Crippen molar-refractivity contribution >= 4 is 45.7 Å². The summed E-state index contributed by atoms with van der Waals surface area (Å²) in [6, 6.07) is 6.28. The minimum Gasteiger partial charge on any atom is -0.492 e. The first-order valence-electron chi connectivity index (χ1n) is 14.7. The number of amides is 1. The van der Waals surface area contributed by atoms with E-state index in [2.05, 4.69) is 10.2 Å². The standard InChI is InChI=1S/C29H33Cl2FN4O5.C2H4F2/c1-40-28-25-21(15-24(32)26(28)35-8-6-34(7-9-35)10-12-41-13-11-37)27(38)22(17-36(25)20-4-5-20)29(39)33-16-18-2-3-19(30)14-23(18)31;1-2(3)4/h2-3,14-15,17,20,37H,4-13,16H2,1H3,(H,33,39);2H,1H3. The lowest BCUT2D eigenvalue weighted by Gasteiger charge is -2.37. The maximum atomic E-state index is 15.8. The molecule has 246 valence electrons. The van der Waals surface area contributed by atoms with Crippen LogP contribution in [0.2, 0.25) is 10.0 Å². The molecule has 2 aromatic carbocycles. The number of anilines is 1. The number of halogens is 5. The Bertz CT molecular complexity index is 1540. The molecule has 0 spiro atoms. The molecule has 1 aliphatic heterocycles. The van der Waals surface area contributed by atoms with Gasteiger partial charge in [-0.3, -0.25) is 14.5 Å². The third-order valence-corrected chi connectivity index (χ3v) is 8.10. The van der Waals surface area contributed by atoms with Crippen LogP contribution in [-0.2, 0) is 11.3 Å². The van der Waals surface area contributed by atoms with E-state index in [0.717, 1.165) is 26.3 Å². The number of ether oxygens (including phenoxy) is 2. The Balaban J connectivity index is 0.00000109. The van der Waals surface area contributed by atoms with Crippen molar-refractivity contribution in [1.29, 1.82) is 0 Å². The van der Waals surface area contributed by atoms with Crippen LogP contribution in [0.1, 0.15) is 41.7 Å². The first-order valence-corrected chi connectivity index (χ1v) is 15.4. The van der Waals surface area contributed by atoms with Gasteiger partial charge < -0.3 is 29.4 Å². The second-order valence-corrected chi connectivity index (χ2v) is 11.6. The van der Waals surface area contributed by atoms with Crippen LogP contribution in [0.15, 0.2) is 35.3 Å². The molecule has 1 aliphatic carbocycles. The molecular weight excluding hydrogens is 636 g/mol. The molecule has 2 N–H and O–H groups in total. The van der Waals surface area contributed by atoms with Gasteiger partial charge in [-0.15, -0.1) is 0 Å². The highest BCUT2D eigenvalue weighted by atomic mass is 35.5. The molecule has 0 atom stereocenters. The van der Waals surface area contributed by atoms with Crippen LogP contribution < -0.4 is 20.4 Å². The summed E-state index contributed by atoms with van der Waals surface area (Å²) < 4.78 is 49.5. The summed E-state index contributed by atoms with van der Waals surface area (Å²) in [5.41, 5.74) is 0.838. The van der Waals surface area contributed by atoms with E-state index in [1.165, 1.54) is 13.2 Å². The minimum absolute atomic E-state index is 0.00874. The summed E-state index contributed by atoms with van der Waals surface area (Å²) in [6.07, 6.45) is 1.16. The second-order valence-electron chi connectivity index (χ2n) is 10.7. The maximum absolute atomic E-state index is 15.8. The van der Waals surface area contributed by atoms with E-state index in [1.807, 2.05) is 9.47 Å². The van der Waals surface area contributed by atoms with E-state index in [4.69, 9.17) is 37.8 Å². The molecule has 9 nitrogen and oxygen atoms in total. The average Bonchev–Trinajstić information content (AvgIpc) is 3.84. The van der Waals surface area contributed by atoms with Gasteiger partial charge in [0.2, 0.25) is 11.9 Å². The van der Waals surface area contributed by atoms with Crippen LogP contribution in [0, 0.1) is 5.82 Å². The lowest BCUT2D eigenvalue weighted by atomic mass is 10.1. The van der Waals surface area contributed by atoms with Crippen LogP contribution >= 0.6 is 23.2 Å². The molecule has 1 saturated heterocycles. The zero-order valence-electron chi connectivity index (χ0n) is 25.1. The number of aromatic nitrogens is 1. The molecule has 14 heteroatoms. The van der Waals surface area contributed by atoms with Crippen molar-refractivity contribution in [1.82, 2.24) is 14.8 Å². The number of carbonyl (C=O) groups excluding carboxylic acids is 1. The Hall–Kier alpha value is -3.03. The number of rotatable bonds is 11. The number of hydrogen-bond donors (Lipinski definition) is 2. The van der Waals surface area contributed by atoms with Gasteiger partial charge in [0.05, 0.1) is 37.8 Å². The smallest absolute Gasteiger partial charge is 0.257 e. The summed E-state index contributed by atoms with van der Waals surface area (Å²) in [5, 5.41) is 12.6. The normalized spacial score (nSPS) is 15.3. The lowest BCUT2D eigenvalue weighted by Crippen LogP contribution is -2.47. The number of carbonyl (C=O) groups is 1. The largest absolute Gasteiger partial charge is 0.492 e. The number of hydrogen-bond acceptors (Lipinski definition) is 7. The first-order chi connectivity index (χ1) is 21.5. The van der Waals surface area contributed by atoms with Crippen molar-refractivity contribution in [3.63, 3.8) is 0 Å². The fraction of sp³-hybridized carbons (Fsp3) is 0.484. The summed E-state index contributed by atoms with van der Waals surface area (Å²) >= 11 is 12.2. The van der Waals surface area contributed by atoms with Crippen molar-refractivity contribution in [2.45, 2.75) is 38.8 Å². The second kappa shape index (κ2) is 16.0. The Morgan fingerprint density at radius 3 is 2.42 bits per heavy atom. The van der Waals surface area contributed by atoms with Crippen LogP contribution in [0.4, 0.5) is 18.9 Å². The first kappa shape index (κ1) is 34.8. The van der Waals surface area contributed by atoms with E-state index in [9.17, 15) is 18.4 Å². The average molecular weight is 674 g/mol. The molecule has 1 amide bonds. The van der Waals surface area contributed by atoms with E-state index >= 15 is 4.39 Å². The SMILES string of the molecule is CC(F)F.COc1c(N2CCN(CCOCCO)CC2)c(F)cc2c(=O)c(C(=O)NCc3ccc(Cl)cc3Cl)cn(C3CC3)c12. The quantitative estimate of drug-likeness (QED) is 0.273. The molecule has 0 radical (unpaired) electrons. The molecule has 45 heavy (non-hydrogen) atoms. The number of nitrogens with one attached hydrogen (secondary N) is 1. The Morgan fingerprint density at radius 1 is 1.13 bits per heavy atom. The van der Waals surface area contributed by atoms with Gasteiger partial charge in [0, 0.05) is 61.6 Å². The molecule has 0 bridgehead atoms. The molecule has 0 unspecified atom stereocenters. The topological polar surface area (TPSA) is 96.3 Å². The highest BCUT2D eigenvalue weighted by molar-refractivity contribution is 6.35. The molecule has 3 aromatic rings. The number of aliphatic hydroxyl groups excluding tert-OH is 1. The van der Waals surface area contributed by atoms with Crippen molar-refractivity contribution in [3.05, 3.63) is 67.7 Å². The van der Waals surface area contributed by atoms with E-state index in [1.54, 1.807) is 24.4 Å². The van der Waals surface area contributed by atoms with Crippen molar-refractivity contribution in [2.75, 3.05) is 64.6 Å². The number of aliphatic hydroxyl groups is 1. The number of benzene rings is 2. The third kappa shape index (κ3) is 8.82. The summed E-state index contributed by atoms with van der Waals surface area (Å²) in [5.74, 6) is -0.845. The van der Waals surface area contributed by atoms with E-state index in [0.29, 0.717) is 72.0 Å². The van der Waals surface area contributed by atoms with Crippen LogP contribution in [-0.4, -0.2) is 86.6 Å². The monoisotopic (exact) mass is 672 g/mol. The van der Waals surface area contributed by atoms with Crippen LogP contribution in [0.5, 0.6) is 5.75 Å². The zero-order chi connectivity index (χ0) is 32.7. The van der Waals surface area contributed by atoms with Gasteiger partial charge in [-0.25, -0.2) is 13.2 Å². The van der Waals surface area contributed by atoms with Crippen LogP contribution in [0.25, 0.3) is 10.9 Å². The number of piperazine rings is 1. The van der Waals surface area contributed by atoms with E-state index in [-0.39, 0.29) is 30.1 Å². The molecule has 2 aliphatic rings. The Labute approximate surface area is 269 Å². The van der Waals surface area contributed by atoms with Gasteiger partial charge in [0.15, 0.2) is 11.6 Å². The van der Waals surface area contributed by atoms with Gasteiger partial charge in [-0.05, 0) is 43.5 Å². The molecular formula is C31H37Cl2F3N4O5. The number of methoxy groups -OCH3 is 1. The van der Waals surface area contributed by atoms with E-state index < -0.39 is 23.6 Å². The Morgan fingerprint density at radius 2 is 1.82 bits per heavy atom. The number of pyridine rings is 1. The third-order valence-electron chi connectivity index (χ3n) is 7.52. The number of nitrogens with zero attached hydrogens (tertiary/aromatic N) is 3. The number of alkyl halides is 2. The Kier molecular flexibility index (Phi) is 12.4. The predicted octanol–water partition coefficient (Wildman–Crippen LogP) is 5.12. The summed E-state index contributed by atoms with van der Waals surface area (Å²) in [7, 11) is 1.48. The molecule has 5 rings (SSSR count). The van der Waals surface area contributed by atoms with Crippen molar-refractivity contribution < 1.29 is 32.5 Å². The molecule has 1 saturated carbocycles. The molecule has 1 aromatic heterocycles. The maximum Gasteiger partial charge on any atom is 0.257 e. The fourth-order valence-electron chi connectivity index (χ4n) is 5.22. The minimum atomic E-state index is -2.17. The highest BCUT2D eigenvalue weighted by Gasteiger charge is 2.32. The highest BCUT2D eigenvalue weighted by Crippen LogP contribution is 2.43. The summed E-state index contributed by atoms with van der Waals surface area (Å²) in [6.45, 7) is 5.02. The van der Waals surface area contributed by atoms with Crippen molar-refractivity contribution in [2.24, 2.45) is 0 Å². The van der Waals surface area contributed by atoms with Gasteiger partial charge in [-0.1, -0.05) is 29.3 Å². The van der Waals surface area contributed by atoms with Gasteiger partial charge in [-0.2, -0.15) is 0 Å². The fourth-order valence-corrected chi connectivity index (χ4v) is 5.70. The predicted molar refractivity (Wildman–Crippen MR) is 169 cm³/mol. The molecule has 2 heterocycles. The lowest BCUT2D eigenvalue weighted by molar-refractivity contribution is 0.0724. The van der Waals surface area contributed by atoms with Gasteiger partial charge in [0.1, 0.15) is 11.3 Å². The zero-order valence-corrected chi connectivity index (χ0v) is 26.6. The van der Waals surface area contributed by atoms with Crippen LogP contribution in [0.3, 0.4) is 0 Å². The summed E-state index contributed by atoms with van der Waals surface area (Å²) in [4.78, 5) is 31.0. The molecule has 2 fully saturated rings. The number of fused-ring (bicyclic) bond motifs is 1.